The van der Waals surface area contributed by atoms with Crippen molar-refractivity contribution < 1.29 is 22.7 Å². The van der Waals surface area contributed by atoms with E-state index in [9.17, 15) is 22.7 Å². The molecule has 1 N–H and O–H groups in total. The summed E-state index contributed by atoms with van der Waals surface area (Å²) >= 11 is 3.10. The van der Waals surface area contributed by atoms with E-state index >= 15 is 0 Å². The third-order valence-corrected chi connectivity index (χ3v) is 4.37. The number of hydrogen-bond donors (Lipinski definition) is 1. The Balaban J connectivity index is 2.11. The Bertz CT molecular complexity index is 766. The molecule has 1 aromatic heterocycles. The average molecular weight is 405 g/mol. The predicted molar refractivity (Wildman–Crippen MR) is 83.2 cm³/mol. The fraction of sp³-hybridized carbons (Fsp3) is 0.312. The molecular formula is C16H13BrF4N2O. The minimum atomic E-state index is -4.40. The monoisotopic (exact) mass is 404 g/mol. The number of pyridine rings is 1. The smallest absolute Gasteiger partial charge is 0.401 e. The van der Waals surface area contributed by atoms with Crippen LogP contribution in [0.1, 0.15) is 22.9 Å². The topological polar surface area (TPSA) is 36.4 Å². The van der Waals surface area contributed by atoms with Gasteiger partial charge in [0.05, 0.1) is 18.3 Å². The number of hydrogen-bond acceptors (Lipinski definition) is 3. The molecule has 0 fully saturated rings. The van der Waals surface area contributed by atoms with Crippen molar-refractivity contribution in [1.29, 1.82) is 0 Å². The second-order valence-electron chi connectivity index (χ2n) is 5.64. The fourth-order valence-corrected chi connectivity index (χ4v) is 3.32. The van der Waals surface area contributed by atoms with Crippen LogP contribution in [0.4, 0.5) is 17.6 Å². The van der Waals surface area contributed by atoms with Crippen LogP contribution in [0.3, 0.4) is 0 Å². The maximum absolute atomic E-state index is 14.4. The quantitative estimate of drug-likeness (QED) is 0.762. The van der Waals surface area contributed by atoms with Gasteiger partial charge >= 0.3 is 6.18 Å². The van der Waals surface area contributed by atoms with E-state index in [1.54, 1.807) is 0 Å². The molecule has 24 heavy (non-hydrogen) atoms. The van der Waals surface area contributed by atoms with E-state index < -0.39 is 24.6 Å². The summed E-state index contributed by atoms with van der Waals surface area (Å²) in [5, 5.41) is 9.60. The van der Waals surface area contributed by atoms with Gasteiger partial charge in [0.2, 0.25) is 0 Å². The molecule has 3 nitrogen and oxygen atoms in total. The molecule has 8 heteroatoms. The van der Waals surface area contributed by atoms with E-state index in [1.165, 1.54) is 35.4 Å². The minimum absolute atomic E-state index is 0.0287. The number of aromatic hydroxyl groups is 1. The largest absolute Gasteiger partial charge is 0.508 e. The van der Waals surface area contributed by atoms with Gasteiger partial charge in [-0.3, -0.25) is 9.88 Å². The van der Waals surface area contributed by atoms with Gasteiger partial charge < -0.3 is 5.11 Å². The molecule has 1 unspecified atom stereocenters. The van der Waals surface area contributed by atoms with E-state index in [-0.39, 0.29) is 18.0 Å². The normalized spacial score (nSPS) is 18.5. The van der Waals surface area contributed by atoms with E-state index in [0.717, 1.165) is 0 Å². The number of halogens is 5. The zero-order valence-corrected chi connectivity index (χ0v) is 13.9. The standard InChI is InChI=1S/C16H13BrF4N2O/c17-10-6-13(18)14(22-7-10)15-12-2-1-11(24)5-9(12)3-4-23(15)8-16(19,20)21/h1-2,5-7,15,24H,3-4,8H2. The molecule has 128 valence electrons. The van der Waals surface area contributed by atoms with Gasteiger partial charge in [-0.25, -0.2) is 4.39 Å². The number of benzene rings is 1. The number of aromatic nitrogens is 1. The number of phenolic OH excluding ortho intramolecular Hbond substituents is 1. The molecule has 2 heterocycles. The molecule has 1 atom stereocenters. The summed E-state index contributed by atoms with van der Waals surface area (Å²) in [4.78, 5) is 5.18. The first-order valence-corrected chi connectivity index (χ1v) is 7.97. The molecule has 1 aliphatic heterocycles. The first kappa shape index (κ1) is 17.2. The first-order chi connectivity index (χ1) is 11.2. The van der Waals surface area contributed by atoms with E-state index in [2.05, 4.69) is 20.9 Å². The van der Waals surface area contributed by atoms with Gasteiger partial charge in [0.25, 0.3) is 0 Å². The van der Waals surface area contributed by atoms with Crippen molar-refractivity contribution in [2.75, 3.05) is 13.1 Å². The maximum Gasteiger partial charge on any atom is 0.401 e. The summed E-state index contributed by atoms with van der Waals surface area (Å²) in [5.41, 5.74) is 1.16. The van der Waals surface area contributed by atoms with Gasteiger partial charge in [0, 0.05) is 17.2 Å². The lowest BCUT2D eigenvalue weighted by atomic mass is 9.90. The SMILES string of the molecule is Oc1ccc2c(c1)CCN(CC(F)(F)F)C2c1ncc(Br)cc1F. The van der Waals surface area contributed by atoms with Crippen molar-refractivity contribution in [2.24, 2.45) is 0 Å². The second kappa shape index (κ2) is 6.33. The average Bonchev–Trinajstić information content (AvgIpc) is 2.46. The molecule has 0 saturated heterocycles. The molecule has 0 bridgehead atoms. The van der Waals surface area contributed by atoms with E-state index in [0.29, 0.717) is 22.0 Å². The lowest BCUT2D eigenvalue weighted by molar-refractivity contribution is -0.150. The van der Waals surface area contributed by atoms with Crippen LogP contribution in [0.2, 0.25) is 0 Å². The van der Waals surface area contributed by atoms with E-state index in [4.69, 9.17) is 0 Å². The van der Waals surface area contributed by atoms with Gasteiger partial charge in [-0.15, -0.1) is 0 Å². The molecule has 3 rings (SSSR count). The summed E-state index contributed by atoms with van der Waals surface area (Å²) < 4.78 is 53.6. The van der Waals surface area contributed by atoms with Crippen LogP contribution in [0.5, 0.6) is 5.75 Å². The van der Waals surface area contributed by atoms with Crippen LogP contribution in [-0.4, -0.2) is 34.3 Å². The highest BCUT2D eigenvalue weighted by molar-refractivity contribution is 9.10. The first-order valence-electron chi connectivity index (χ1n) is 7.18. The van der Waals surface area contributed by atoms with Crippen LogP contribution in [0.25, 0.3) is 0 Å². The Morgan fingerprint density at radius 2 is 2.04 bits per heavy atom. The molecule has 0 radical (unpaired) electrons. The molecule has 1 aliphatic rings. The van der Waals surface area contributed by atoms with Crippen molar-refractivity contribution in [3.63, 3.8) is 0 Å². The van der Waals surface area contributed by atoms with Gasteiger partial charge in [-0.2, -0.15) is 13.2 Å². The number of alkyl halides is 3. The Morgan fingerprint density at radius 1 is 1.29 bits per heavy atom. The molecule has 0 saturated carbocycles. The number of fused-ring (bicyclic) bond motifs is 1. The summed E-state index contributed by atoms with van der Waals surface area (Å²) in [6.45, 7) is -1.06. The molecule has 0 aliphatic carbocycles. The van der Waals surface area contributed by atoms with Crippen molar-refractivity contribution in [3.05, 3.63) is 57.6 Å². The fourth-order valence-electron chi connectivity index (χ4n) is 3.01. The zero-order chi connectivity index (χ0) is 17.5. The van der Waals surface area contributed by atoms with Crippen LogP contribution < -0.4 is 0 Å². The minimum Gasteiger partial charge on any atom is -0.508 e. The Labute approximate surface area is 144 Å². The van der Waals surface area contributed by atoms with E-state index in [1.807, 2.05) is 0 Å². The van der Waals surface area contributed by atoms with Crippen molar-refractivity contribution in [3.8, 4) is 5.75 Å². The summed E-state index contributed by atoms with van der Waals surface area (Å²) in [5.74, 6) is -0.650. The van der Waals surface area contributed by atoms with Crippen molar-refractivity contribution in [2.45, 2.75) is 18.6 Å². The summed E-state index contributed by atoms with van der Waals surface area (Å²) in [6, 6.07) is 4.65. The third-order valence-electron chi connectivity index (χ3n) is 3.93. The lowest BCUT2D eigenvalue weighted by Gasteiger charge is -2.37. The van der Waals surface area contributed by atoms with Gasteiger partial charge in [0.1, 0.15) is 11.6 Å². The van der Waals surface area contributed by atoms with Crippen LogP contribution in [-0.2, 0) is 6.42 Å². The number of phenols is 1. The third kappa shape index (κ3) is 3.54. The second-order valence-corrected chi connectivity index (χ2v) is 6.56. The Hall–Kier alpha value is -1.67. The highest BCUT2D eigenvalue weighted by Gasteiger charge is 2.39. The van der Waals surface area contributed by atoms with Gasteiger partial charge in [-0.05, 0) is 51.7 Å². The Morgan fingerprint density at radius 3 is 2.71 bits per heavy atom. The highest BCUT2D eigenvalue weighted by Crippen LogP contribution is 2.38. The maximum atomic E-state index is 14.4. The van der Waals surface area contributed by atoms with Crippen molar-refractivity contribution >= 4 is 15.9 Å². The summed E-state index contributed by atoms with van der Waals surface area (Å²) in [6.07, 6.45) is -2.70. The van der Waals surface area contributed by atoms with Gasteiger partial charge in [-0.1, -0.05) is 6.07 Å². The van der Waals surface area contributed by atoms with Crippen LogP contribution in [0.15, 0.2) is 34.9 Å². The highest BCUT2D eigenvalue weighted by atomic mass is 79.9. The van der Waals surface area contributed by atoms with Crippen LogP contribution >= 0.6 is 15.9 Å². The zero-order valence-electron chi connectivity index (χ0n) is 12.3. The molecule has 2 aromatic rings. The number of nitrogens with zero attached hydrogens (tertiary/aromatic N) is 2. The number of rotatable bonds is 2. The molecule has 1 aromatic carbocycles. The van der Waals surface area contributed by atoms with Gasteiger partial charge in [0.15, 0.2) is 0 Å². The van der Waals surface area contributed by atoms with Crippen LogP contribution in [0, 0.1) is 5.82 Å². The lowest BCUT2D eigenvalue weighted by Crippen LogP contribution is -2.42. The summed E-state index contributed by atoms with van der Waals surface area (Å²) in [7, 11) is 0. The molecular weight excluding hydrogens is 392 g/mol. The Kier molecular flexibility index (Phi) is 4.52. The van der Waals surface area contributed by atoms with Crippen molar-refractivity contribution in [1.82, 2.24) is 9.88 Å². The molecule has 0 amide bonds. The molecule has 0 spiro atoms. The predicted octanol–water partition coefficient (Wildman–Crippen LogP) is 4.20.